The molecule has 96 valence electrons. The maximum atomic E-state index is 6.02. The van der Waals surface area contributed by atoms with Gasteiger partial charge in [-0.15, -0.1) is 11.3 Å². The molecule has 0 radical (unpaired) electrons. The lowest BCUT2D eigenvalue weighted by atomic mass is 10.0. The molecule has 0 saturated heterocycles. The summed E-state index contributed by atoms with van der Waals surface area (Å²) in [6.07, 6.45) is 2.59. The normalized spacial score (nSPS) is 12.4. The van der Waals surface area contributed by atoms with Crippen molar-refractivity contribution in [1.82, 2.24) is 10.4 Å². The number of aromatic nitrogens is 1. The van der Waals surface area contributed by atoms with E-state index in [1.165, 1.54) is 0 Å². The van der Waals surface area contributed by atoms with Crippen LogP contribution < -0.4 is 16.0 Å². The van der Waals surface area contributed by atoms with E-state index in [4.69, 9.17) is 22.2 Å². The van der Waals surface area contributed by atoms with Gasteiger partial charge in [-0.25, -0.2) is 0 Å². The number of nitrogens with one attached hydrogen (secondary N) is 1. The highest BCUT2D eigenvalue weighted by Gasteiger charge is 2.16. The van der Waals surface area contributed by atoms with E-state index in [2.05, 4.69) is 10.4 Å². The Labute approximate surface area is 115 Å². The number of hydrazine groups is 1. The standard InChI is InChI=1S/C12H14ClN3OS/c1-17-12-3-2-8(13)4-10(12)11(16-14)5-9-6-15-7-18-9/h2-4,6-7,11,16H,5,14H2,1H3. The first kappa shape index (κ1) is 13.3. The van der Waals surface area contributed by atoms with E-state index in [0.29, 0.717) is 5.02 Å². The molecule has 0 aliphatic carbocycles. The van der Waals surface area contributed by atoms with Gasteiger partial charge in [0.1, 0.15) is 5.75 Å². The summed E-state index contributed by atoms with van der Waals surface area (Å²) in [6.45, 7) is 0. The maximum absolute atomic E-state index is 6.02. The van der Waals surface area contributed by atoms with Gasteiger partial charge in [0.25, 0.3) is 0 Å². The highest BCUT2D eigenvalue weighted by atomic mass is 35.5. The van der Waals surface area contributed by atoms with Crippen LogP contribution >= 0.6 is 22.9 Å². The van der Waals surface area contributed by atoms with Crippen LogP contribution in [-0.2, 0) is 6.42 Å². The van der Waals surface area contributed by atoms with E-state index < -0.39 is 0 Å². The Morgan fingerprint density at radius 1 is 1.56 bits per heavy atom. The number of halogens is 1. The predicted molar refractivity (Wildman–Crippen MR) is 73.9 cm³/mol. The largest absolute Gasteiger partial charge is 0.496 e. The zero-order valence-electron chi connectivity index (χ0n) is 9.89. The highest BCUT2D eigenvalue weighted by molar-refractivity contribution is 7.09. The fourth-order valence-electron chi connectivity index (χ4n) is 1.78. The van der Waals surface area contributed by atoms with Gasteiger partial charge in [0.05, 0.1) is 18.7 Å². The van der Waals surface area contributed by atoms with Gasteiger partial charge >= 0.3 is 0 Å². The molecule has 0 aliphatic heterocycles. The molecule has 3 N–H and O–H groups in total. The molecule has 1 heterocycles. The van der Waals surface area contributed by atoms with Crippen LogP contribution in [0.15, 0.2) is 29.9 Å². The van der Waals surface area contributed by atoms with Crippen molar-refractivity contribution in [3.63, 3.8) is 0 Å². The van der Waals surface area contributed by atoms with E-state index in [-0.39, 0.29) is 6.04 Å². The molecule has 0 saturated carbocycles. The third kappa shape index (κ3) is 3.00. The summed E-state index contributed by atoms with van der Waals surface area (Å²) in [5.41, 5.74) is 5.55. The van der Waals surface area contributed by atoms with Gasteiger partial charge in [-0.1, -0.05) is 11.6 Å². The van der Waals surface area contributed by atoms with Crippen LogP contribution in [0.3, 0.4) is 0 Å². The Balaban J connectivity index is 2.28. The second-order valence-electron chi connectivity index (χ2n) is 3.78. The maximum Gasteiger partial charge on any atom is 0.123 e. The summed E-state index contributed by atoms with van der Waals surface area (Å²) in [7, 11) is 1.63. The third-order valence-electron chi connectivity index (χ3n) is 2.66. The second-order valence-corrected chi connectivity index (χ2v) is 5.18. The Bertz CT molecular complexity index is 504. The van der Waals surface area contributed by atoms with E-state index in [0.717, 1.165) is 22.6 Å². The number of benzene rings is 1. The van der Waals surface area contributed by atoms with Gasteiger partial charge in [0, 0.05) is 28.1 Å². The number of rotatable bonds is 5. The van der Waals surface area contributed by atoms with Crippen LogP contribution in [0.5, 0.6) is 5.75 Å². The van der Waals surface area contributed by atoms with Crippen LogP contribution in [-0.4, -0.2) is 12.1 Å². The summed E-state index contributed by atoms with van der Waals surface area (Å²) in [4.78, 5) is 5.21. The summed E-state index contributed by atoms with van der Waals surface area (Å²) in [6, 6.07) is 5.45. The molecule has 1 aromatic carbocycles. The minimum Gasteiger partial charge on any atom is -0.496 e. The van der Waals surface area contributed by atoms with Crippen molar-refractivity contribution in [2.75, 3.05) is 7.11 Å². The van der Waals surface area contributed by atoms with E-state index in [1.807, 2.05) is 18.3 Å². The molecular weight excluding hydrogens is 270 g/mol. The molecule has 6 heteroatoms. The lowest BCUT2D eigenvalue weighted by molar-refractivity contribution is 0.399. The number of nitrogens with zero attached hydrogens (tertiary/aromatic N) is 1. The Kier molecular flexibility index (Phi) is 4.54. The number of ether oxygens (including phenoxy) is 1. The lowest BCUT2D eigenvalue weighted by Crippen LogP contribution is -2.29. The molecule has 0 fully saturated rings. The quantitative estimate of drug-likeness (QED) is 0.654. The fourth-order valence-corrected chi connectivity index (χ4v) is 2.60. The molecule has 1 aromatic heterocycles. The van der Waals surface area contributed by atoms with Gasteiger partial charge in [-0.3, -0.25) is 16.3 Å². The van der Waals surface area contributed by atoms with Crippen molar-refractivity contribution in [2.45, 2.75) is 12.5 Å². The highest BCUT2D eigenvalue weighted by Crippen LogP contribution is 2.30. The molecular formula is C12H14ClN3OS. The number of thiazole rings is 1. The van der Waals surface area contributed by atoms with E-state index >= 15 is 0 Å². The van der Waals surface area contributed by atoms with Crippen LogP contribution in [0.1, 0.15) is 16.5 Å². The first-order valence-corrected chi connectivity index (χ1v) is 6.67. The summed E-state index contributed by atoms with van der Waals surface area (Å²) in [5.74, 6) is 6.40. The minimum absolute atomic E-state index is 0.0564. The molecule has 2 rings (SSSR count). The molecule has 0 amide bonds. The average molecular weight is 284 g/mol. The summed E-state index contributed by atoms with van der Waals surface area (Å²) >= 11 is 7.62. The minimum atomic E-state index is -0.0564. The van der Waals surface area contributed by atoms with Crippen molar-refractivity contribution >= 4 is 22.9 Å². The molecule has 18 heavy (non-hydrogen) atoms. The van der Waals surface area contributed by atoms with Crippen molar-refractivity contribution < 1.29 is 4.74 Å². The van der Waals surface area contributed by atoms with Crippen molar-refractivity contribution in [1.29, 1.82) is 0 Å². The molecule has 1 unspecified atom stereocenters. The zero-order chi connectivity index (χ0) is 13.0. The number of nitrogens with two attached hydrogens (primary N) is 1. The topological polar surface area (TPSA) is 60.2 Å². The first-order chi connectivity index (χ1) is 8.74. The van der Waals surface area contributed by atoms with Crippen LogP contribution in [0, 0.1) is 0 Å². The number of hydrogen-bond donors (Lipinski definition) is 2. The molecule has 0 bridgehead atoms. The Morgan fingerprint density at radius 3 is 3.00 bits per heavy atom. The monoisotopic (exact) mass is 283 g/mol. The fraction of sp³-hybridized carbons (Fsp3) is 0.250. The van der Waals surface area contributed by atoms with Crippen LogP contribution in [0.4, 0.5) is 0 Å². The zero-order valence-corrected chi connectivity index (χ0v) is 11.5. The molecule has 2 aromatic rings. The number of hydrogen-bond acceptors (Lipinski definition) is 5. The van der Waals surface area contributed by atoms with E-state index in [9.17, 15) is 0 Å². The van der Waals surface area contributed by atoms with Gasteiger partial charge in [-0.2, -0.15) is 0 Å². The average Bonchev–Trinajstić information content (AvgIpc) is 2.88. The third-order valence-corrected chi connectivity index (χ3v) is 3.69. The van der Waals surface area contributed by atoms with Crippen molar-refractivity contribution in [3.05, 3.63) is 45.4 Å². The van der Waals surface area contributed by atoms with Crippen LogP contribution in [0.2, 0.25) is 5.02 Å². The van der Waals surface area contributed by atoms with Crippen molar-refractivity contribution in [2.24, 2.45) is 5.84 Å². The first-order valence-electron chi connectivity index (χ1n) is 5.41. The van der Waals surface area contributed by atoms with Crippen LogP contribution in [0.25, 0.3) is 0 Å². The summed E-state index contributed by atoms with van der Waals surface area (Å²) in [5, 5.41) is 0.662. The predicted octanol–water partition coefficient (Wildman–Crippen LogP) is 2.55. The molecule has 4 nitrogen and oxygen atoms in total. The Hall–Kier alpha value is -1.14. The Morgan fingerprint density at radius 2 is 2.39 bits per heavy atom. The smallest absolute Gasteiger partial charge is 0.123 e. The van der Waals surface area contributed by atoms with Gasteiger partial charge < -0.3 is 4.74 Å². The lowest BCUT2D eigenvalue weighted by Gasteiger charge is -2.18. The van der Waals surface area contributed by atoms with E-state index in [1.54, 1.807) is 30.0 Å². The second kappa shape index (κ2) is 6.15. The molecule has 0 spiro atoms. The SMILES string of the molecule is COc1ccc(Cl)cc1C(Cc1cncs1)NN. The molecule has 1 atom stereocenters. The van der Waals surface area contributed by atoms with Gasteiger partial charge in [0.2, 0.25) is 0 Å². The summed E-state index contributed by atoms with van der Waals surface area (Å²) < 4.78 is 5.34. The van der Waals surface area contributed by atoms with Gasteiger partial charge in [-0.05, 0) is 18.2 Å². The molecule has 0 aliphatic rings. The number of methoxy groups -OCH3 is 1. The van der Waals surface area contributed by atoms with Crippen molar-refractivity contribution in [3.8, 4) is 5.75 Å². The van der Waals surface area contributed by atoms with Gasteiger partial charge in [0.15, 0.2) is 0 Å².